The molecule has 0 aromatic rings. The summed E-state index contributed by atoms with van der Waals surface area (Å²) in [4.78, 5) is 2.38. The first-order chi connectivity index (χ1) is 5.86. The van der Waals surface area contributed by atoms with E-state index < -0.39 is 0 Å². The lowest BCUT2D eigenvalue weighted by molar-refractivity contribution is 0.339. The van der Waals surface area contributed by atoms with Gasteiger partial charge < -0.3 is 4.90 Å². The Hall–Kier alpha value is -0.860. The highest BCUT2D eigenvalue weighted by Gasteiger charge is 2.18. The molecule has 12 heavy (non-hydrogen) atoms. The first kappa shape index (κ1) is 7.77. The van der Waals surface area contributed by atoms with Crippen molar-refractivity contribution in [2.75, 3.05) is 13.1 Å². The lowest BCUT2D eigenvalue weighted by atomic mass is 10.1. The Kier molecular flexibility index (Phi) is 2.11. The number of rotatable bonds is 0. The summed E-state index contributed by atoms with van der Waals surface area (Å²) >= 11 is 0. The Morgan fingerprint density at radius 1 is 1.08 bits per heavy atom. The van der Waals surface area contributed by atoms with Gasteiger partial charge in [0.2, 0.25) is 0 Å². The van der Waals surface area contributed by atoms with Gasteiger partial charge in [0.1, 0.15) is 5.84 Å². The summed E-state index contributed by atoms with van der Waals surface area (Å²) in [5.74, 6) is 1.19. The zero-order chi connectivity index (χ0) is 8.39. The zero-order valence-corrected chi connectivity index (χ0v) is 7.58. The lowest BCUT2D eigenvalue weighted by Crippen LogP contribution is -2.35. The SMILES string of the molecule is CC1=NN=C(N2CCCCC2)C1. The number of hydrogen-bond acceptors (Lipinski definition) is 3. The van der Waals surface area contributed by atoms with Crippen molar-refractivity contribution in [1.29, 1.82) is 0 Å². The van der Waals surface area contributed by atoms with Gasteiger partial charge in [0.25, 0.3) is 0 Å². The Balaban J connectivity index is 1.93. The van der Waals surface area contributed by atoms with E-state index in [1.165, 1.54) is 38.2 Å². The Morgan fingerprint density at radius 3 is 2.42 bits per heavy atom. The third kappa shape index (κ3) is 1.49. The standard InChI is InChI=1S/C9H15N3/c1-8-7-9(11-10-8)12-5-3-2-4-6-12/h2-7H2,1H3. The predicted molar refractivity (Wildman–Crippen MR) is 50.6 cm³/mol. The maximum Gasteiger partial charge on any atom is 0.133 e. The van der Waals surface area contributed by atoms with E-state index in [9.17, 15) is 0 Å². The molecular formula is C9H15N3. The van der Waals surface area contributed by atoms with Crippen LogP contribution in [0.3, 0.4) is 0 Å². The van der Waals surface area contributed by atoms with Crippen LogP contribution in [0, 0.1) is 0 Å². The van der Waals surface area contributed by atoms with Crippen molar-refractivity contribution in [2.45, 2.75) is 32.6 Å². The van der Waals surface area contributed by atoms with Crippen molar-refractivity contribution in [3.8, 4) is 0 Å². The molecule has 0 aliphatic carbocycles. The van der Waals surface area contributed by atoms with Gasteiger partial charge in [-0.3, -0.25) is 0 Å². The first-order valence-corrected chi connectivity index (χ1v) is 4.71. The highest BCUT2D eigenvalue weighted by Crippen LogP contribution is 2.13. The van der Waals surface area contributed by atoms with Crippen LogP contribution in [0.15, 0.2) is 10.2 Å². The van der Waals surface area contributed by atoms with Crippen LogP contribution < -0.4 is 0 Å². The smallest absolute Gasteiger partial charge is 0.133 e. The molecule has 3 heteroatoms. The van der Waals surface area contributed by atoms with E-state index in [1.807, 2.05) is 6.92 Å². The van der Waals surface area contributed by atoms with Crippen molar-refractivity contribution in [3.05, 3.63) is 0 Å². The average Bonchev–Trinajstić information content (AvgIpc) is 2.54. The fourth-order valence-corrected chi connectivity index (χ4v) is 1.77. The van der Waals surface area contributed by atoms with E-state index >= 15 is 0 Å². The molecule has 0 unspecified atom stereocenters. The van der Waals surface area contributed by atoms with E-state index in [4.69, 9.17) is 0 Å². The van der Waals surface area contributed by atoms with Gasteiger partial charge in [0.05, 0.1) is 0 Å². The first-order valence-electron chi connectivity index (χ1n) is 4.71. The Bertz CT molecular complexity index is 224. The molecule has 1 fully saturated rings. The van der Waals surface area contributed by atoms with E-state index in [2.05, 4.69) is 15.1 Å². The molecule has 0 N–H and O–H groups in total. The van der Waals surface area contributed by atoms with Gasteiger partial charge in [-0.15, -0.1) is 5.10 Å². The largest absolute Gasteiger partial charge is 0.358 e. The van der Waals surface area contributed by atoms with Crippen molar-refractivity contribution in [3.63, 3.8) is 0 Å². The monoisotopic (exact) mass is 165 g/mol. The molecule has 0 saturated carbocycles. The quantitative estimate of drug-likeness (QED) is 0.536. The Morgan fingerprint density at radius 2 is 1.83 bits per heavy atom. The number of likely N-dealkylation sites (tertiary alicyclic amines) is 1. The van der Waals surface area contributed by atoms with Crippen molar-refractivity contribution >= 4 is 11.5 Å². The van der Waals surface area contributed by atoms with E-state index in [0.717, 1.165) is 12.1 Å². The molecule has 2 rings (SSSR count). The molecule has 3 nitrogen and oxygen atoms in total. The average molecular weight is 165 g/mol. The van der Waals surface area contributed by atoms with E-state index in [0.29, 0.717) is 0 Å². The molecule has 2 aliphatic rings. The van der Waals surface area contributed by atoms with Gasteiger partial charge in [0.15, 0.2) is 0 Å². The van der Waals surface area contributed by atoms with Crippen LogP contribution in [0.1, 0.15) is 32.6 Å². The number of nitrogens with zero attached hydrogens (tertiary/aromatic N) is 3. The second-order valence-corrected chi connectivity index (χ2v) is 3.58. The molecule has 0 radical (unpaired) electrons. The zero-order valence-electron chi connectivity index (χ0n) is 7.58. The third-order valence-electron chi connectivity index (χ3n) is 2.47. The van der Waals surface area contributed by atoms with Crippen LogP contribution in [0.4, 0.5) is 0 Å². The molecule has 0 aromatic carbocycles. The summed E-state index contributed by atoms with van der Waals surface area (Å²) in [6.07, 6.45) is 4.99. The molecule has 2 aliphatic heterocycles. The van der Waals surface area contributed by atoms with Gasteiger partial charge >= 0.3 is 0 Å². The maximum absolute atomic E-state index is 4.17. The molecule has 0 atom stereocenters. The van der Waals surface area contributed by atoms with Crippen molar-refractivity contribution in [1.82, 2.24) is 4.90 Å². The van der Waals surface area contributed by atoms with E-state index in [1.54, 1.807) is 0 Å². The van der Waals surface area contributed by atoms with Crippen molar-refractivity contribution in [2.24, 2.45) is 10.2 Å². The maximum atomic E-state index is 4.17. The second-order valence-electron chi connectivity index (χ2n) is 3.58. The van der Waals surface area contributed by atoms with Crippen LogP contribution >= 0.6 is 0 Å². The van der Waals surface area contributed by atoms with E-state index in [-0.39, 0.29) is 0 Å². The molecule has 1 saturated heterocycles. The fourth-order valence-electron chi connectivity index (χ4n) is 1.77. The van der Waals surface area contributed by atoms with Crippen LogP contribution in [0.5, 0.6) is 0 Å². The van der Waals surface area contributed by atoms with Gasteiger partial charge in [0, 0.05) is 25.2 Å². The molecular weight excluding hydrogens is 150 g/mol. The molecule has 0 spiro atoms. The highest BCUT2D eigenvalue weighted by atomic mass is 15.3. The highest BCUT2D eigenvalue weighted by molar-refractivity contribution is 6.05. The molecule has 0 bridgehead atoms. The minimum Gasteiger partial charge on any atom is -0.358 e. The summed E-state index contributed by atoms with van der Waals surface area (Å²) in [6, 6.07) is 0. The van der Waals surface area contributed by atoms with Gasteiger partial charge in [-0.2, -0.15) is 5.10 Å². The van der Waals surface area contributed by atoms with Crippen molar-refractivity contribution < 1.29 is 0 Å². The lowest BCUT2D eigenvalue weighted by Gasteiger charge is -2.27. The molecule has 66 valence electrons. The summed E-state index contributed by atoms with van der Waals surface area (Å²) in [7, 11) is 0. The van der Waals surface area contributed by atoms with Crippen LogP contribution in [-0.2, 0) is 0 Å². The fraction of sp³-hybridized carbons (Fsp3) is 0.778. The summed E-state index contributed by atoms with van der Waals surface area (Å²) in [6.45, 7) is 4.41. The third-order valence-corrected chi connectivity index (χ3v) is 2.47. The number of piperidine rings is 1. The van der Waals surface area contributed by atoms with Gasteiger partial charge in [-0.25, -0.2) is 0 Å². The van der Waals surface area contributed by atoms with Crippen LogP contribution in [0.2, 0.25) is 0 Å². The number of amidine groups is 1. The summed E-state index contributed by atoms with van der Waals surface area (Å²) in [5.41, 5.74) is 1.15. The van der Waals surface area contributed by atoms with Crippen LogP contribution in [0.25, 0.3) is 0 Å². The summed E-state index contributed by atoms with van der Waals surface area (Å²) in [5, 5.41) is 8.23. The Labute approximate surface area is 73.2 Å². The van der Waals surface area contributed by atoms with Gasteiger partial charge in [-0.1, -0.05) is 0 Å². The minimum absolute atomic E-state index is 0.972. The molecule has 0 aromatic heterocycles. The predicted octanol–water partition coefficient (Wildman–Crippen LogP) is 1.65. The molecule has 0 amide bonds. The second kappa shape index (κ2) is 3.25. The summed E-state index contributed by atoms with van der Waals surface area (Å²) < 4.78 is 0. The molecule has 2 heterocycles. The topological polar surface area (TPSA) is 28.0 Å². The van der Waals surface area contributed by atoms with Crippen LogP contribution in [-0.4, -0.2) is 29.5 Å². The van der Waals surface area contributed by atoms with Gasteiger partial charge in [-0.05, 0) is 26.2 Å². The normalized spacial score (nSPS) is 23.9. The number of hydrogen-bond donors (Lipinski definition) is 0. The minimum atomic E-state index is 0.972.